The molecule has 0 atom stereocenters. The molecule has 1 N–H and O–H groups in total. The molecule has 2 aromatic rings. The number of hydrogen-bond donors (Lipinski definition) is 1. The Balaban J connectivity index is 1.93. The summed E-state index contributed by atoms with van der Waals surface area (Å²) in [6.45, 7) is 6.88. The molecule has 0 aliphatic carbocycles. The molecule has 0 radical (unpaired) electrons. The van der Waals surface area contributed by atoms with Gasteiger partial charge in [-0.05, 0) is 13.3 Å². The van der Waals surface area contributed by atoms with Crippen LogP contribution in [0.1, 0.15) is 31.1 Å². The molecule has 0 saturated heterocycles. The van der Waals surface area contributed by atoms with Crippen LogP contribution in [0.2, 0.25) is 0 Å². The van der Waals surface area contributed by atoms with Gasteiger partial charge in [-0.2, -0.15) is 0 Å². The van der Waals surface area contributed by atoms with Crippen LogP contribution in [-0.4, -0.2) is 36.6 Å². The highest BCUT2D eigenvalue weighted by Gasteiger charge is 2.13. The van der Waals surface area contributed by atoms with E-state index in [9.17, 15) is 4.79 Å². The maximum Gasteiger partial charge on any atom is 0.236 e. The average Bonchev–Trinajstić information content (AvgIpc) is 3.03. The van der Waals surface area contributed by atoms with Crippen LogP contribution >= 0.6 is 23.1 Å². The number of nitrogens with one attached hydrogen (secondary N) is 1. The summed E-state index contributed by atoms with van der Waals surface area (Å²) in [4.78, 5) is 11.9. The standard InChI is InChI=1S/C12H18N6OS2/c1-4-6-18-9(5-2)15-17-12(18)20-7-10(19)13-11-16-14-8(3)21-11/h4-7H2,1-3H3,(H,13,16,19). The zero-order valence-corrected chi connectivity index (χ0v) is 13.9. The maximum atomic E-state index is 11.9. The first-order valence-electron chi connectivity index (χ1n) is 6.78. The van der Waals surface area contributed by atoms with E-state index in [-0.39, 0.29) is 11.7 Å². The van der Waals surface area contributed by atoms with Crippen molar-refractivity contribution in [3.63, 3.8) is 0 Å². The van der Waals surface area contributed by atoms with Crippen molar-refractivity contribution in [3.05, 3.63) is 10.8 Å². The van der Waals surface area contributed by atoms with E-state index in [2.05, 4.69) is 44.1 Å². The monoisotopic (exact) mass is 326 g/mol. The molecule has 0 bridgehead atoms. The highest BCUT2D eigenvalue weighted by Crippen LogP contribution is 2.19. The molecule has 2 heterocycles. The van der Waals surface area contributed by atoms with Crippen molar-refractivity contribution >= 4 is 34.1 Å². The minimum Gasteiger partial charge on any atom is -0.306 e. The van der Waals surface area contributed by atoms with Crippen molar-refractivity contribution in [1.29, 1.82) is 0 Å². The largest absolute Gasteiger partial charge is 0.306 e. The van der Waals surface area contributed by atoms with E-state index in [0.717, 1.165) is 35.4 Å². The predicted octanol–water partition coefficient (Wildman–Crippen LogP) is 2.14. The van der Waals surface area contributed by atoms with Gasteiger partial charge in [0.25, 0.3) is 0 Å². The molecule has 0 aromatic carbocycles. The normalized spacial score (nSPS) is 10.8. The number of aromatic nitrogens is 5. The van der Waals surface area contributed by atoms with Crippen LogP contribution in [0, 0.1) is 6.92 Å². The number of amides is 1. The molecule has 114 valence electrons. The van der Waals surface area contributed by atoms with Crippen molar-refractivity contribution in [3.8, 4) is 0 Å². The minimum absolute atomic E-state index is 0.111. The Hall–Kier alpha value is -1.48. The van der Waals surface area contributed by atoms with Crippen LogP contribution in [-0.2, 0) is 17.8 Å². The molecule has 9 heteroatoms. The zero-order valence-electron chi connectivity index (χ0n) is 12.3. The van der Waals surface area contributed by atoms with E-state index < -0.39 is 0 Å². The van der Waals surface area contributed by atoms with Gasteiger partial charge in [-0.15, -0.1) is 20.4 Å². The highest BCUT2D eigenvalue weighted by atomic mass is 32.2. The average molecular weight is 326 g/mol. The first kappa shape index (κ1) is 15.9. The van der Waals surface area contributed by atoms with E-state index in [1.54, 1.807) is 0 Å². The number of carbonyl (C=O) groups excluding carboxylic acids is 1. The van der Waals surface area contributed by atoms with E-state index >= 15 is 0 Å². The van der Waals surface area contributed by atoms with Gasteiger partial charge < -0.3 is 4.57 Å². The lowest BCUT2D eigenvalue weighted by atomic mass is 10.4. The third-order valence-electron chi connectivity index (χ3n) is 2.66. The molecule has 2 aromatic heterocycles. The smallest absolute Gasteiger partial charge is 0.236 e. The van der Waals surface area contributed by atoms with Crippen LogP contribution in [0.3, 0.4) is 0 Å². The van der Waals surface area contributed by atoms with Gasteiger partial charge in [0.05, 0.1) is 5.75 Å². The Kier molecular flexibility index (Phi) is 5.68. The molecule has 0 aliphatic heterocycles. The fourth-order valence-electron chi connectivity index (χ4n) is 1.77. The van der Waals surface area contributed by atoms with E-state index in [0.29, 0.717) is 5.13 Å². The predicted molar refractivity (Wildman–Crippen MR) is 83.7 cm³/mol. The van der Waals surface area contributed by atoms with Crippen LogP contribution < -0.4 is 5.32 Å². The molecular weight excluding hydrogens is 308 g/mol. The Morgan fingerprint density at radius 3 is 2.71 bits per heavy atom. The number of carbonyl (C=O) groups is 1. The summed E-state index contributed by atoms with van der Waals surface area (Å²) in [7, 11) is 0. The van der Waals surface area contributed by atoms with E-state index in [4.69, 9.17) is 0 Å². The topological polar surface area (TPSA) is 85.6 Å². The van der Waals surface area contributed by atoms with Crippen molar-refractivity contribution in [2.24, 2.45) is 0 Å². The van der Waals surface area contributed by atoms with Gasteiger partial charge in [0.2, 0.25) is 11.0 Å². The Morgan fingerprint density at radius 1 is 1.29 bits per heavy atom. The van der Waals surface area contributed by atoms with Crippen LogP contribution in [0.15, 0.2) is 5.16 Å². The summed E-state index contributed by atoms with van der Waals surface area (Å²) in [5, 5.41) is 20.9. The molecule has 0 fully saturated rings. The third kappa shape index (κ3) is 4.24. The van der Waals surface area contributed by atoms with Gasteiger partial charge in [0.1, 0.15) is 10.8 Å². The first-order chi connectivity index (χ1) is 10.1. The molecule has 0 saturated carbocycles. The summed E-state index contributed by atoms with van der Waals surface area (Å²) in [6.07, 6.45) is 1.85. The fourth-order valence-corrected chi connectivity index (χ4v) is 3.16. The maximum absolute atomic E-state index is 11.9. The van der Waals surface area contributed by atoms with Gasteiger partial charge in [0, 0.05) is 13.0 Å². The summed E-state index contributed by atoms with van der Waals surface area (Å²) in [6, 6.07) is 0. The van der Waals surface area contributed by atoms with Crippen LogP contribution in [0.5, 0.6) is 0 Å². The number of nitrogens with zero attached hydrogens (tertiary/aromatic N) is 5. The molecule has 21 heavy (non-hydrogen) atoms. The van der Waals surface area contributed by atoms with Crippen molar-refractivity contribution < 1.29 is 4.79 Å². The lowest BCUT2D eigenvalue weighted by Gasteiger charge is -2.07. The Morgan fingerprint density at radius 2 is 2.10 bits per heavy atom. The second-order valence-electron chi connectivity index (χ2n) is 4.37. The number of hydrogen-bond acceptors (Lipinski definition) is 7. The van der Waals surface area contributed by atoms with Gasteiger partial charge in [-0.1, -0.05) is 36.9 Å². The fraction of sp³-hybridized carbons (Fsp3) is 0.583. The summed E-state index contributed by atoms with van der Waals surface area (Å²) in [5.74, 6) is 1.13. The van der Waals surface area contributed by atoms with Crippen molar-refractivity contribution in [2.75, 3.05) is 11.1 Å². The number of anilines is 1. The minimum atomic E-state index is -0.111. The second-order valence-corrected chi connectivity index (χ2v) is 6.49. The molecule has 0 spiro atoms. The summed E-state index contributed by atoms with van der Waals surface area (Å²) in [5.41, 5.74) is 0. The van der Waals surface area contributed by atoms with Crippen molar-refractivity contribution in [1.82, 2.24) is 25.0 Å². The Labute approximate surface area is 131 Å². The lowest BCUT2D eigenvalue weighted by Crippen LogP contribution is -2.14. The Bertz CT molecular complexity index is 609. The highest BCUT2D eigenvalue weighted by molar-refractivity contribution is 7.99. The number of rotatable bonds is 7. The quantitative estimate of drug-likeness (QED) is 0.785. The van der Waals surface area contributed by atoms with Crippen LogP contribution in [0.4, 0.5) is 5.13 Å². The molecule has 0 aliphatic rings. The zero-order chi connectivity index (χ0) is 15.2. The SMILES string of the molecule is CCCn1c(CC)nnc1SCC(=O)Nc1nnc(C)s1. The second kappa shape index (κ2) is 7.51. The van der Waals surface area contributed by atoms with Gasteiger partial charge >= 0.3 is 0 Å². The van der Waals surface area contributed by atoms with E-state index in [1.165, 1.54) is 23.1 Å². The molecule has 1 amide bonds. The molecule has 7 nitrogen and oxygen atoms in total. The number of thioether (sulfide) groups is 1. The van der Waals surface area contributed by atoms with Crippen LogP contribution in [0.25, 0.3) is 0 Å². The molecular formula is C12H18N6OS2. The summed E-state index contributed by atoms with van der Waals surface area (Å²) >= 11 is 2.75. The lowest BCUT2D eigenvalue weighted by molar-refractivity contribution is -0.113. The molecule has 0 unspecified atom stereocenters. The van der Waals surface area contributed by atoms with E-state index in [1.807, 2.05) is 6.92 Å². The van der Waals surface area contributed by atoms with Gasteiger partial charge in [-0.25, -0.2) is 0 Å². The molecule has 2 rings (SSSR count). The van der Waals surface area contributed by atoms with Crippen molar-refractivity contribution in [2.45, 2.75) is 45.3 Å². The third-order valence-corrected chi connectivity index (χ3v) is 4.38. The first-order valence-corrected chi connectivity index (χ1v) is 8.59. The van der Waals surface area contributed by atoms with Gasteiger partial charge in [-0.3, -0.25) is 10.1 Å². The number of aryl methyl sites for hydroxylation is 2. The van der Waals surface area contributed by atoms with Gasteiger partial charge in [0.15, 0.2) is 5.16 Å². The summed E-state index contributed by atoms with van der Waals surface area (Å²) < 4.78 is 2.08.